The number of aromatic nitrogens is 1. The van der Waals surface area contributed by atoms with Crippen molar-refractivity contribution in [2.45, 2.75) is 18.9 Å². The SMILES string of the molecule is Nc1ncccc1CC(=O)C1CNCc2ccccc21. The predicted molar refractivity (Wildman–Crippen MR) is 78.3 cm³/mol. The highest BCUT2D eigenvalue weighted by Crippen LogP contribution is 2.26. The van der Waals surface area contributed by atoms with E-state index < -0.39 is 0 Å². The van der Waals surface area contributed by atoms with Crippen molar-refractivity contribution in [3.63, 3.8) is 0 Å². The molecule has 4 nitrogen and oxygen atoms in total. The van der Waals surface area contributed by atoms with Gasteiger partial charge in [-0.2, -0.15) is 0 Å². The third-order valence-electron chi connectivity index (χ3n) is 3.77. The molecule has 1 aromatic heterocycles. The topological polar surface area (TPSA) is 68.0 Å². The number of carbonyl (C=O) groups excluding carboxylic acids is 1. The lowest BCUT2D eigenvalue weighted by atomic mass is 9.86. The molecular weight excluding hydrogens is 250 g/mol. The maximum absolute atomic E-state index is 12.6. The van der Waals surface area contributed by atoms with Crippen molar-refractivity contribution >= 4 is 11.6 Å². The van der Waals surface area contributed by atoms with Crippen molar-refractivity contribution in [2.24, 2.45) is 0 Å². The predicted octanol–water partition coefficient (Wildman–Crippen LogP) is 1.66. The Morgan fingerprint density at radius 2 is 2.15 bits per heavy atom. The molecule has 1 aromatic carbocycles. The number of benzene rings is 1. The molecule has 1 unspecified atom stereocenters. The van der Waals surface area contributed by atoms with E-state index in [2.05, 4.69) is 16.4 Å². The lowest BCUT2D eigenvalue weighted by Gasteiger charge is -2.25. The fraction of sp³-hybridized carbons (Fsp3) is 0.250. The summed E-state index contributed by atoms with van der Waals surface area (Å²) in [6.45, 7) is 1.52. The summed E-state index contributed by atoms with van der Waals surface area (Å²) in [5.74, 6) is 0.529. The molecule has 0 saturated heterocycles. The Labute approximate surface area is 118 Å². The zero-order chi connectivity index (χ0) is 13.9. The number of Topliss-reactive ketones (excluding diaryl/α,β-unsaturated/α-hetero) is 1. The number of rotatable bonds is 3. The summed E-state index contributed by atoms with van der Waals surface area (Å²) in [6.07, 6.45) is 1.97. The Bertz CT molecular complexity index is 639. The van der Waals surface area contributed by atoms with Crippen molar-refractivity contribution < 1.29 is 4.79 Å². The minimum atomic E-state index is -0.0976. The number of ketones is 1. The first-order chi connectivity index (χ1) is 9.75. The zero-order valence-electron chi connectivity index (χ0n) is 11.2. The number of nitrogens with one attached hydrogen (secondary N) is 1. The minimum Gasteiger partial charge on any atom is -0.383 e. The van der Waals surface area contributed by atoms with Crippen molar-refractivity contribution in [2.75, 3.05) is 12.3 Å². The van der Waals surface area contributed by atoms with Crippen LogP contribution in [0.25, 0.3) is 0 Å². The molecule has 20 heavy (non-hydrogen) atoms. The molecule has 0 fully saturated rings. The number of anilines is 1. The number of fused-ring (bicyclic) bond motifs is 1. The van der Waals surface area contributed by atoms with Gasteiger partial charge in [0.2, 0.25) is 0 Å². The van der Waals surface area contributed by atoms with Gasteiger partial charge in [0.1, 0.15) is 11.6 Å². The van der Waals surface area contributed by atoms with Crippen molar-refractivity contribution in [3.8, 4) is 0 Å². The highest BCUT2D eigenvalue weighted by molar-refractivity contribution is 5.89. The summed E-state index contributed by atoms with van der Waals surface area (Å²) >= 11 is 0. The van der Waals surface area contributed by atoms with Gasteiger partial charge in [0.05, 0.1) is 5.92 Å². The molecule has 2 heterocycles. The number of hydrogen-bond donors (Lipinski definition) is 2. The normalized spacial score (nSPS) is 17.5. The molecule has 0 bridgehead atoms. The van der Waals surface area contributed by atoms with Crippen molar-refractivity contribution in [1.29, 1.82) is 0 Å². The number of carbonyl (C=O) groups is 1. The largest absolute Gasteiger partial charge is 0.383 e. The fourth-order valence-electron chi connectivity index (χ4n) is 2.69. The van der Waals surface area contributed by atoms with Crippen LogP contribution in [0.3, 0.4) is 0 Å². The van der Waals surface area contributed by atoms with Gasteiger partial charge in [0, 0.05) is 31.3 Å². The van der Waals surface area contributed by atoms with Crippen molar-refractivity contribution in [3.05, 3.63) is 59.3 Å². The Hall–Kier alpha value is -2.20. The summed E-state index contributed by atoms with van der Waals surface area (Å²) in [7, 11) is 0. The standard InChI is InChI=1S/C16H17N3O/c17-16-11(5-3-7-19-16)8-15(20)14-10-18-9-12-4-1-2-6-13(12)14/h1-7,14,18H,8-10H2,(H2,17,19). The van der Waals surface area contributed by atoms with E-state index in [0.29, 0.717) is 18.8 Å². The molecule has 102 valence electrons. The fourth-order valence-corrected chi connectivity index (χ4v) is 2.69. The van der Waals surface area contributed by atoms with Gasteiger partial charge in [-0.25, -0.2) is 4.98 Å². The van der Waals surface area contributed by atoms with E-state index in [1.165, 1.54) is 5.56 Å². The second-order valence-corrected chi connectivity index (χ2v) is 5.07. The van der Waals surface area contributed by atoms with Gasteiger partial charge < -0.3 is 11.1 Å². The summed E-state index contributed by atoms with van der Waals surface area (Å²) in [4.78, 5) is 16.6. The molecule has 0 radical (unpaired) electrons. The second kappa shape index (κ2) is 5.43. The van der Waals surface area contributed by atoms with E-state index in [0.717, 1.165) is 17.7 Å². The van der Waals surface area contributed by atoms with E-state index in [9.17, 15) is 4.79 Å². The summed E-state index contributed by atoms with van der Waals surface area (Å²) in [5, 5.41) is 3.30. The number of pyridine rings is 1. The molecular formula is C16H17N3O. The average Bonchev–Trinajstić information content (AvgIpc) is 2.49. The van der Waals surface area contributed by atoms with Crippen LogP contribution in [0.5, 0.6) is 0 Å². The number of hydrogen-bond acceptors (Lipinski definition) is 4. The molecule has 1 atom stereocenters. The molecule has 4 heteroatoms. The molecule has 2 aromatic rings. The maximum Gasteiger partial charge on any atom is 0.146 e. The molecule has 1 aliphatic rings. The van der Waals surface area contributed by atoms with Gasteiger partial charge in [-0.3, -0.25) is 4.79 Å². The highest BCUT2D eigenvalue weighted by Gasteiger charge is 2.26. The Morgan fingerprint density at radius 3 is 3.00 bits per heavy atom. The average molecular weight is 267 g/mol. The molecule has 0 saturated carbocycles. The van der Waals surface area contributed by atoms with E-state index in [1.54, 1.807) is 6.20 Å². The second-order valence-electron chi connectivity index (χ2n) is 5.07. The number of nitrogens with zero attached hydrogens (tertiary/aromatic N) is 1. The van der Waals surface area contributed by atoms with Gasteiger partial charge in [-0.1, -0.05) is 30.3 Å². The Balaban J connectivity index is 1.84. The van der Waals surface area contributed by atoms with E-state index in [1.807, 2.05) is 30.3 Å². The van der Waals surface area contributed by atoms with Gasteiger partial charge in [-0.15, -0.1) is 0 Å². The van der Waals surface area contributed by atoms with Crippen LogP contribution in [0.2, 0.25) is 0 Å². The van der Waals surface area contributed by atoms with E-state index in [-0.39, 0.29) is 11.7 Å². The zero-order valence-corrected chi connectivity index (χ0v) is 11.2. The molecule has 3 N–H and O–H groups in total. The minimum absolute atomic E-state index is 0.0976. The Kier molecular flexibility index (Phi) is 3.48. The van der Waals surface area contributed by atoms with Crippen LogP contribution >= 0.6 is 0 Å². The van der Waals surface area contributed by atoms with Crippen LogP contribution < -0.4 is 11.1 Å². The number of nitrogen functional groups attached to an aromatic ring is 1. The van der Waals surface area contributed by atoms with Crippen LogP contribution in [0, 0.1) is 0 Å². The van der Waals surface area contributed by atoms with Crippen LogP contribution in [0.15, 0.2) is 42.6 Å². The van der Waals surface area contributed by atoms with Crippen LogP contribution in [0.4, 0.5) is 5.82 Å². The monoisotopic (exact) mass is 267 g/mol. The molecule has 0 spiro atoms. The van der Waals surface area contributed by atoms with Gasteiger partial charge in [-0.05, 0) is 17.2 Å². The van der Waals surface area contributed by atoms with Crippen LogP contribution in [-0.4, -0.2) is 17.3 Å². The van der Waals surface area contributed by atoms with Gasteiger partial charge in [0.25, 0.3) is 0 Å². The first-order valence-corrected chi connectivity index (χ1v) is 6.76. The highest BCUT2D eigenvalue weighted by atomic mass is 16.1. The van der Waals surface area contributed by atoms with Gasteiger partial charge in [0.15, 0.2) is 0 Å². The first kappa shape index (κ1) is 12.8. The lowest BCUT2D eigenvalue weighted by molar-refractivity contribution is -0.119. The van der Waals surface area contributed by atoms with E-state index >= 15 is 0 Å². The van der Waals surface area contributed by atoms with Crippen molar-refractivity contribution in [1.82, 2.24) is 10.3 Å². The smallest absolute Gasteiger partial charge is 0.146 e. The van der Waals surface area contributed by atoms with E-state index in [4.69, 9.17) is 5.73 Å². The quantitative estimate of drug-likeness (QED) is 0.887. The summed E-state index contributed by atoms with van der Waals surface area (Å²) < 4.78 is 0. The van der Waals surface area contributed by atoms with Crippen LogP contribution in [-0.2, 0) is 17.8 Å². The lowest BCUT2D eigenvalue weighted by Crippen LogP contribution is -2.33. The Morgan fingerprint density at radius 1 is 1.30 bits per heavy atom. The number of nitrogens with two attached hydrogens (primary N) is 1. The molecule has 1 aliphatic heterocycles. The molecule has 0 amide bonds. The van der Waals surface area contributed by atoms with Gasteiger partial charge >= 0.3 is 0 Å². The maximum atomic E-state index is 12.6. The molecule has 3 rings (SSSR count). The first-order valence-electron chi connectivity index (χ1n) is 6.76. The molecule has 0 aliphatic carbocycles. The summed E-state index contributed by atoms with van der Waals surface area (Å²) in [5.41, 5.74) is 8.96. The van der Waals surface area contributed by atoms with Crippen LogP contribution in [0.1, 0.15) is 22.6 Å². The summed E-state index contributed by atoms with van der Waals surface area (Å²) in [6, 6.07) is 11.8. The third kappa shape index (κ3) is 2.42. The third-order valence-corrected chi connectivity index (χ3v) is 3.77.